The third-order valence-corrected chi connectivity index (χ3v) is 4.86. The number of hydrogen-bond acceptors (Lipinski definition) is 2. The zero-order valence-electron chi connectivity index (χ0n) is 14.8. The van der Waals surface area contributed by atoms with Crippen LogP contribution in [0.25, 0.3) is 21.8 Å². The van der Waals surface area contributed by atoms with Crippen molar-refractivity contribution >= 4 is 27.7 Å². The lowest BCUT2D eigenvalue weighted by Crippen LogP contribution is -2.11. The lowest BCUT2D eigenvalue weighted by molar-refractivity contribution is 0.100. The van der Waals surface area contributed by atoms with Crippen LogP contribution in [0.1, 0.15) is 21.5 Å². The molecule has 0 atom stereocenters. The van der Waals surface area contributed by atoms with Crippen LogP contribution in [0, 0.1) is 6.92 Å². The lowest BCUT2D eigenvalue weighted by atomic mass is 10.1. The number of aromatic nitrogens is 1. The molecule has 2 N–H and O–H groups in total. The van der Waals surface area contributed by atoms with Gasteiger partial charge in [-0.15, -0.1) is 0 Å². The van der Waals surface area contributed by atoms with E-state index in [9.17, 15) is 4.79 Å². The van der Waals surface area contributed by atoms with Crippen molar-refractivity contribution in [1.82, 2.24) is 4.57 Å². The molecule has 1 amide bonds. The Bertz CT molecular complexity index is 1140. The summed E-state index contributed by atoms with van der Waals surface area (Å²) in [6, 6.07) is 20.0. The normalized spacial score (nSPS) is 11.2. The van der Waals surface area contributed by atoms with Crippen molar-refractivity contribution in [3.63, 3.8) is 0 Å². The summed E-state index contributed by atoms with van der Waals surface area (Å²) < 4.78 is 7.59. The SMILES string of the molecule is COc1ccc(Cn2c3ccccc3c3c(C(N)=O)cccc32)cc1C. The van der Waals surface area contributed by atoms with Gasteiger partial charge in [0.05, 0.1) is 12.6 Å². The largest absolute Gasteiger partial charge is 0.496 e. The number of para-hydroxylation sites is 1. The first-order chi connectivity index (χ1) is 12.6. The number of rotatable bonds is 4. The molecule has 0 aliphatic carbocycles. The smallest absolute Gasteiger partial charge is 0.249 e. The average molecular weight is 344 g/mol. The molecule has 0 spiro atoms. The molecule has 3 aromatic carbocycles. The van der Waals surface area contributed by atoms with Crippen molar-refractivity contribution < 1.29 is 9.53 Å². The maximum Gasteiger partial charge on any atom is 0.249 e. The first-order valence-corrected chi connectivity index (χ1v) is 8.53. The highest BCUT2D eigenvalue weighted by atomic mass is 16.5. The molecule has 1 aromatic heterocycles. The van der Waals surface area contributed by atoms with Gasteiger partial charge in [0.25, 0.3) is 0 Å². The number of methoxy groups -OCH3 is 1. The first-order valence-electron chi connectivity index (χ1n) is 8.53. The molecule has 0 aliphatic heterocycles. The van der Waals surface area contributed by atoms with Gasteiger partial charge in [0.1, 0.15) is 5.75 Å². The van der Waals surface area contributed by atoms with Gasteiger partial charge in [-0.05, 0) is 42.3 Å². The quantitative estimate of drug-likeness (QED) is 0.601. The summed E-state index contributed by atoms with van der Waals surface area (Å²) in [4.78, 5) is 11.9. The van der Waals surface area contributed by atoms with Crippen molar-refractivity contribution in [1.29, 1.82) is 0 Å². The predicted octanol–water partition coefficient (Wildman–Crippen LogP) is 4.26. The summed E-state index contributed by atoms with van der Waals surface area (Å²) in [5.41, 5.74) is 10.6. The Labute approximate surface area is 151 Å². The van der Waals surface area contributed by atoms with Gasteiger partial charge in [0, 0.05) is 28.4 Å². The van der Waals surface area contributed by atoms with Gasteiger partial charge in [-0.2, -0.15) is 0 Å². The van der Waals surface area contributed by atoms with E-state index in [1.54, 1.807) is 13.2 Å². The van der Waals surface area contributed by atoms with Gasteiger partial charge in [-0.3, -0.25) is 4.79 Å². The number of fused-ring (bicyclic) bond motifs is 3. The molecule has 1 heterocycles. The van der Waals surface area contributed by atoms with Crippen LogP contribution in [-0.4, -0.2) is 17.6 Å². The number of amides is 1. The number of primary amides is 1. The highest BCUT2D eigenvalue weighted by Crippen LogP contribution is 2.32. The van der Waals surface area contributed by atoms with E-state index in [1.165, 1.54) is 5.56 Å². The van der Waals surface area contributed by atoms with Crippen LogP contribution in [0.2, 0.25) is 0 Å². The first kappa shape index (κ1) is 16.2. The number of benzene rings is 3. The standard InChI is InChI=1S/C22H20N2O2/c1-14-12-15(10-11-20(14)26-2)13-24-18-8-4-3-6-16(18)21-17(22(23)25)7-5-9-19(21)24/h3-12H,13H2,1-2H3,(H2,23,25). The third-order valence-electron chi connectivity index (χ3n) is 4.86. The predicted molar refractivity (Wildman–Crippen MR) is 105 cm³/mol. The highest BCUT2D eigenvalue weighted by molar-refractivity contribution is 6.17. The molecule has 4 aromatic rings. The Balaban J connectivity index is 1.95. The van der Waals surface area contributed by atoms with Crippen molar-refractivity contribution in [3.05, 3.63) is 77.4 Å². The Morgan fingerprint density at radius 3 is 2.54 bits per heavy atom. The second-order valence-electron chi connectivity index (χ2n) is 6.47. The molecule has 4 rings (SSSR count). The zero-order valence-corrected chi connectivity index (χ0v) is 14.8. The van der Waals surface area contributed by atoms with E-state index in [4.69, 9.17) is 10.5 Å². The van der Waals surface area contributed by atoms with Crippen molar-refractivity contribution in [2.75, 3.05) is 7.11 Å². The van der Waals surface area contributed by atoms with Crippen LogP contribution in [0.3, 0.4) is 0 Å². The van der Waals surface area contributed by atoms with E-state index in [0.717, 1.165) is 33.1 Å². The minimum atomic E-state index is -0.404. The molecule has 0 radical (unpaired) electrons. The summed E-state index contributed by atoms with van der Waals surface area (Å²) in [5, 5.41) is 1.96. The molecule has 4 heteroatoms. The molecule has 0 saturated carbocycles. The maximum atomic E-state index is 11.9. The Morgan fingerprint density at radius 2 is 1.81 bits per heavy atom. The number of carbonyl (C=O) groups excluding carboxylic acids is 1. The average Bonchev–Trinajstić information content (AvgIpc) is 2.96. The molecule has 0 saturated heterocycles. The van der Waals surface area contributed by atoms with Crippen LogP contribution in [-0.2, 0) is 6.54 Å². The molecule has 130 valence electrons. The van der Waals surface area contributed by atoms with E-state index >= 15 is 0 Å². The van der Waals surface area contributed by atoms with Gasteiger partial charge in [0.15, 0.2) is 0 Å². The molecule has 0 unspecified atom stereocenters. The Kier molecular flexibility index (Phi) is 3.88. The van der Waals surface area contributed by atoms with E-state index in [0.29, 0.717) is 12.1 Å². The monoisotopic (exact) mass is 344 g/mol. The minimum absolute atomic E-state index is 0.404. The van der Waals surface area contributed by atoms with Crippen LogP contribution in [0.4, 0.5) is 0 Å². The van der Waals surface area contributed by atoms with Crippen molar-refractivity contribution in [3.8, 4) is 5.75 Å². The van der Waals surface area contributed by atoms with E-state index in [1.807, 2.05) is 43.3 Å². The molecule has 4 nitrogen and oxygen atoms in total. The molecular formula is C22H20N2O2. The topological polar surface area (TPSA) is 57.2 Å². The summed E-state index contributed by atoms with van der Waals surface area (Å²) in [7, 11) is 1.68. The number of nitrogens with two attached hydrogens (primary N) is 1. The third kappa shape index (κ3) is 2.51. The van der Waals surface area contributed by atoms with E-state index in [2.05, 4.69) is 22.8 Å². The molecule has 0 aliphatic rings. The van der Waals surface area contributed by atoms with Crippen LogP contribution in [0.15, 0.2) is 60.7 Å². The summed E-state index contributed by atoms with van der Waals surface area (Å²) in [6.07, 6.45) is 0. The summed E-state index contributed by atoms with van der Waals surface area (Å²) in [6.45, 7) is 2.75. The van der Waals surface area contributed by atoms with Crippen LogP contribution >= 0.6 is 0 Å². The highest BCUT2D eigenvalue weighted by Gasteiger charge is 2.16. The minimum Gasteiger partial charge on any atom is -0.496 e. The van der Waals surface area contributed by atoms with Crippen LogP contribution in [0.5, 0.6) is 5.75 Å². The van der Waals surface area contributed by atoms with Crippen LogP contribution < -0.4 is 10.5 Å². The van der Waals surface area contributed by atoms with E-state index in [-0.39, 0.29) is 0 Å². The number of ether oxygens (including phenoxy) is 1. The Morgan fingerprint density at radius 1 is 1.04 bits per heavy atom. The fourth-order valence-electron chi connectivity index (χ4n) is 3.70. The maximum absolute atomic E-state index is 11.9. The van der Waals surface area contributed by atoms with Crippen molar-refractivity contribution in [2.24, 2.45) is 5.73 Å². The zero-order chi connectivity index (χ0) is 18.3. The number of aryl methyl sites for hydroxylation is 1. The fraction of sp³-hybridized carbons (Fsp3) is 0.136. The Hall–Kier alpha value is -3.27. The second-order valence-corrected chi connectivity index (χ2v) is 6.47. The molecule has 26 heavy (non-hydrogen) atoms. The fourth-order valence-corrected chi connectivity index (χ4v) is 3.70. The molecule has 0 bridgehead atoms. The van der Waals surface area contributed by atoms with Gasteiger partial charge >= 0.3 is 0 Å². The van der Waals surface area contributed by atoms with Gasteiger partial charge in [0.2, 0.25) is 5.91 Å². The van der Waals surface area contributed by atoms with Gasteiger partial charge in [-0.25, -0.2) is 0 Å². The summed E-state index contributed by atoms with van der Waals surface area (Å²) >= 11 is 0. The van der Waals surface area contributed by atoms with E-state index < -0.39 is 5.91 Å². The number of hydrogen-bond donors (Lipinski definition) is 1. The lowest BCUT2D eigenvalue weighted by Gasteiger charge is -2.11. The second kappa shape index (κ2) is 6.23. The van der Waals surface area contributed by atoms with Gasteiger partial charge in [-0.1, -0.05) is 36.4 Å². The molecular weight excluding hydrogens is 324 g/mol. The van der Waals surface area contributed by atoms with Crippen molar-refractivity contribution in [2.45, 2.75) is 13.5 Å². The molecule has 0 fully saturated rings. The number of carbonyl (C=O) groups is 1. The number of nitrogens with zero attached hydrogens (tertiary/aromatic N) is 1. The van der Waals surface area contributed by atoms with Gasteiger partial charge < -0.3 is 15.0 Å². The summed E-state index contributed by atoms with van der Waals surface area (Å²) in [5.74, 6) is 0.478.